The number of carbonyl (C=O) groups excluding carboxylic acids is 2. The average Bonchev–Trinajstić information content (AvgIpc) is 3.48. The molecule has 0 bridgehead atoms. The van der Waals surface area contributed by atoms with Crippen LogP contribution >= 0.6 is 0 Å². The third-order valence-corrected chi connectivity index (χ3v) is 6.99. The number of Topliss-reactive ketones (excluding diaryl/α,β-unsaturated/α-hetero) is 1. The molecular formula is C29H25N3O8. The number of amides is 1. The van der Waals surface area contributed by atoms with Gasteiger partial charge in [-0.05, 0) is 47.9 Å². The van der Waals surface area contributed by atoms with Gasteiger partial charge in [-0.25, -0.2) is 0 Å². The van der Waals surface area contributed by atoms with E-state index in [9.17, 15) is 29.9 Å². The van der Waals surface area contributed by atoms with Gasteiger partial charge in [0, 0.05) is 41.3 Å². The molecule has 0 saturated carbocycles. The fraction of sp³-hybridized carbons (Fsp3) is 0.172. The van der Waals surface area contributed by atoms with Gasteiger partial charge >= 0.3 is 0 Å². The van der Waals surface area contributed by atoms with Crippen LogP contribution in [0.25, 0.3) is 16.7 Å². The molecule has 0 aliphatic carbocycles. The molecule has 1 aromatic heterocycles. The first-order valence-electron chi connectivity index (χ1n) is 12.3. The van der Waals surface area contributed by atoms with Gasteiger partial charge in [-0.15, -0.1) is 0 Å². The minimum Gasteiger partial charge on any atom is -0.507 e. The van der Waals surface area contributed by atoms with E-state index in [0.717, 1.165) is 22.5 Å². The second-order valence-corrected chi connectivity index (χ2v) is 9.21. The standard InChI is InChI=1S/C29H25N3O8/c1-39-20-7-8-22-21(14-20)18(15-30-22)10-11-31-26(16-6-9-23(33)24(13-16)40-2)25(28(35)29(31)36)27(34)17-4-3-5-19(12-17)32(37)38/h3-9,12-15,26,30,33-34H,10-11H2,1-2H3/t26-/m1/s1. The number of fused-ring (bicyclic) bond motifs is 1. The maximum absolute atomic E-state index is 13.4. The highest BCUT2D eigenvalue weighted by molar-refractivity contribution is 6.46. The number of ketones is 1. The maximum atomic E-state index is 13.4. The fourth-order valence-corrected chi connectivity index (χ4v) is 4.98. The fourth-order valence-electron chi connectivity index (χ4n) is 4.98. The number of nitrogens with zero attached hydrogens (tertiary/aromatic N) is 2. The number of benzene rings is 3. The number of H-pyrrole nitrogens is 1. The number of aromatic hydroxyl groups is 1. The lowest BCUT2D eigenvalue weighted by Gasteiger charge is -2.25. The van der Waals surface area contributed by atoms with Crippen molar-refractivity contribution in [2.24, 2.45) is 0 Å². The number of ether oxygens (including phenoxy) is 2. The number of rotatable bonds is 8. The zero-order valence-corrected chi connectivity index (χ0v) is 21.6. The van der Waals surface area contributed by atoms with E-state index >= 15 is 0 Å². The van der Waals surface area contributed by atoms with Crippen molar-refractivity contribution in [1.82, 2.24) is 9.88 Å². The van der Waals surface area contributed by atoms with Crippen molar-refractivity contribution in [2.75, 3.05) is 20.8 Å². The molecule has 40 heavy (non-hydrogen) atoms. The Morgan fingerprint density at radius 1 is 1.07 bits per heavy atom. The van der Waals surface area contributed by atoms with Crippen LogP contribution in [-0.2, 0) is 16.0 Å². The van der Waals surface area contributed by atoms with E-state index in [0.29, 0.717) is 17.7 Å². The summed E-state index contributed by atoms with van der Waals surface area (Å²) in [6.07, 6.45) is 2.19. The van der Waals surface area contributed by atoms with E-state index in [1.54, 1.807) is 7.11 Å². The van der Waals surface area contributed by atoms with Gasteiger partial charge in [0.05, 0.1) is 30.8 Å². The van der Waals surface area contributed by atoms with Crippen molar-refractivity contribution in [3.63, 3.8) is 0 Å². The van der Waals surface area contributed by atoms with Crippen LogP contribution in [0.1, 0.15) is 22.7 Å². The second kappa shape index (κ2) is 10.4. The number of aliphatic hydroxyl groups is 1. The number of likely N-dealkylation sites (tertiary alicyclic amines) is 1. The number of phenolic OH excluding ortho intramolecular Hbond substituents is 1. The Labute approximate surface area is 228 Å². The van der Waals surface area contributed by atoms with E-state index in [-0.39, 0.29) is 34.9 Å². The van der Waals surface area contributed by atoms with Crippen molar-refractivity contribution in [3.05, 3.63) is 99.2 Å². The number of nitro benzene ring substituents is 1. The molecule has 3 aromatic carbocycles. The Hall–Kier alpha value is -5.32. The highest BCUT2D eigenvalue weighted by atomic mass is 16.6. The second-order valence-electron chi connectivity index (χ2n) is 9.21. The van der Waals surface area contributed by atoms with Crippen molar-refractivity contribution < 1.29 is 34.2 Å². The maximum Gasteiger partial charge on any atom is 0.295 e. The molecule has 1 fully saturated rings. The first-order valence-corrected chi connectivity index (χ1v) is 12.3. The molecule has 1 aliphatic rings. The summed E-state index contributed by atoms with van der Waals surface area (Å²) < 4.78 is 10.6. The molecule has 5 rings (SSSR count). The molecule has 2 heterocycles. The molecular weight excluding hydrogens is 518 g/mol. The number of phenols is 1. The molecule has 1 saturated heterocycles. The van der Waals surface area contributed by atoms with E-state index in [4.69, 9.17) is 9.47 Å². The SMILES string of the molecule is COc1ccc2[nH]cc(CCN3C(=O)C(=O)C(=C(O)c4cccc([N+](=O)[O-])c4)[C@H]3c3ccc(O)c(OC)c3)c2c1. The zero-order chi connectivity index (χ0) is 28.6. The number of aromatic nitrogens is 1. The number of nitrogens with one attached hydrogen (secondary N) is 1. The molecule has 4 aromatic rings. The largest absolute Gasteiger partial charge is 0.507 e. The molecule has 0 spiro atoms. The van der Waals surface area contributed by atoms with Gasteiger partial charge in [0.25, 0.3) is 17.4 Å². The Morgan fingerprint density at radius 3 is 2.60 bits per heavy atom. The quantitative estimate of drug-likeness (QED) is 0.0967. The summed E-state index contributed by atoms with van der Waals surface area (Å²) in [5.74, 6) is -1.67. The molecule has 0 radical (unpaired) electrons. The van der Waals surface area contributed by atoms with Crippen LogP contribution in [0.15, 0.2) is 72.4 Å². The van der Waals surface area contributed by atoms with Crippen LogP contribution in [0.4, 0.5) is 5.69 Å². The number of hydrogen-bond acceptors (Lipinski definition) is 8. The summed E-state index contributed by atoms with van der Waals surface area (Å²) in [7, 11) is 2.93. The number of carbonyl (C=O) groups is 2. The molecule has 1 aliphatic heterocycles. The number of aromatic amines is 1. The summed E-state index contributed by atoms with van der Waals surface area (Å²) in [5, 5.41) is 33.6. The van der Waals surface area contributed by atoms with Crippen LogP contribution in [-0.4, -0.2) is 57.5 Å². The van der Waals surface area contributed by atoms with Gasteiger partial charge in [0.2, 0.25) is 0 Å². The first-order chi connectivity index (χ1) is 19.2. The summed E-state index contributed by atoms with van der Waals surface area (Å²) in [6, 6.07) is 14.1. The molecule has 204 valence electrons. The summed E-state index contributed by atoms with van der Waals surface area (Å²) in [6.45, 7) is 0.105. The smallest absolute Gasteiger partial charge is 0.295 e. The predicted molar refractivity (Wildman–Crippen MR) is 145 cm³/mol. The number of hydrogen-bond donors (Lipinski definition) is 3. The molecule has 1 atom stereocenters. The number of methoxy groups -OCH3 is 2. The lowest BCUT2D eigenvalue weighted by atomic mass is 9.94. The minimum absolute atomic E-state index is 0.0201. The molecule has 0 unspecified atom stereocenters. The Bertz CT molecular complexity index is 1690. The monoisotopic (exact) mass is 543 g/mol. The lowest BCUT2D eigenvalue weighted by molar-refractivity contribution is -0.384. The Morgan fingerprint density at radius 2 is 1.88 bits per heavy atom. The number of non-ortho nitro benzene ring substituents is 1. The number of aliphatic hydroxyl groups excluding tert-OH is 1. The van der Waals surface area contributed by atoms with Crippen LogP contribution < -0.4 is 9.47 Å². The summed E-state index contributed by atoms with van der Waals surface area (Å²) in [5.41, 5.74) is 1.68. The third-order valence-electron chi connectivity index (χ3n) is 6.99. The van der Waals surface area contributed by atoms with Gasteiger partial charge in [-0.3, -0.25) is 19.7 Å². The average molecular weight is 544 g/mol. The summed E-state index contributed by atoms with van der Waals surface area (Å²) >= 11 is 0. The number of nitro groups is 1. The van der Waals surface area contributed by atoms with Gasteiger partial charge in [-0.1, -0.05) is 18.2 Å². The lowest BCUT2D eigenvalue weighted by Crippen LogP contribution is -2.31. The first kappa shape index (κ1) is 26.3. The van der Waals surface area contributed by atoms with E-state index in [1.807, 2.05) is 24.4 Å². The van der Waals surface area contributed by atoms with Gasteiger partial charge in [0.1, 0.15) is 11.5 Å². The van der Waals surface area contributed by atoms with Crippen LogP contribution in [0.2, 0.25) is 0 Å². The molecule has 1 amide bonds. The molecule has 11 heteroatoms. The highest BCUT2D eigenvalue weighted by Crippen LogP contribution is 2.42. The van der Waals surface area contributed by atoms with Gasteiger partial charge in [0.15, 0.2) is 11.5 Å². The molecule has 3 N–H and O–H groups in total. The third kappa shape index (κ3) is 4.57. The predicted octanol–water partition coefficient (Wildman–Crippen LogP) is 4.46. The van der Waals surface area contributed by atoms with Crippen molar-refractivity contribution in [2.45, 2.75) is 12.5 Å². The highest BCUT2D eigenvalue weighted by Gasteiger charge is 2.46. The summed E-state index contributed by atoms with van der Waals surface area (Å²) in [4.78, 5) is 42.0. The van der Waals surface area contributed by atoms with Crippen LogP contribution in [0.3, 0.4) is 0 Å². The topological polar surface area (TPSA) is 155 Å². The molecule has 11 nitrogen and oxygen atoms in total. The van der Waals surface area contributed by atoms with Crippen LogP contribution in [0, 0.1) is 10.1 Å². The van der Waals surface area contributed by atoms with E-state index in [1.165, 1.54) is 48.4 Å². The minimum atomic E-state index is -1.05. The van der Waals surface area contributed by atoms with E-state index < -0.39 is 28.4 Å². The van der Waals surface area contributed by atoms with E-state index in [2.05, 4.69) is 4.98 Å². The van der Waals surface area contributed by atoms with Gasteiger partial charge < -0.3 is 29.6 Å². The Balaban J connectivity index is 1.60. The Kier molecular flexibility index (Phi) is 6.87. The normalized spacial score (nSPS) is 16.4. The zero-order valence-electron chi connectivity index (χ0n) is 21.6. The van der Waals surface area contributed by atoms with Gasteiger partial charge in [-0.2, -0.15) is 0 Å². The van der Waals surface area contributed by atoms with Crippen molar-refractivity contribution in [3.8, 4) is 17.2 Å². The van der Waals surface area contributed by atoms with Crippen LogP contribution in [0.5, 0.6) is 17.2 Å². The van der Waals surface area contributed by atoms with Crippen molar-refractivity contribution in [1.29, 1.82) is 0 Å². The van der Waals surface area contributed by atoms with Crippen molar-refractivity contribution >= 4 is 34.0 Å².